The largest absolute Gasteiger partial charge is 0.489 e. The standard InChI is InChI=1S/C16H23NO3/c1-11-7-12(2)9-13(8-11)20-15-10-16(4-3-14(15)17)18-5-6-19-16/h7-9,14-15H,3-6,10,17H2,1-2H3. The summed E-state index contributed by atoms with van der Waals surface area (Å²) in [5.74, 6) is 0.428. The summed E-state index contributed by atoms with van der Waals surface area (Å²) >= 11 is 0. The summed E-state index contributed by atoms with van der Waals surface area (Å²) in [7, 11) is 0. The van der Waals surface area contributed by atoms with Gasteiger partial charge in [0.1, 0.15) is 11.9 Å². The summed E-state index contributed by atoms with van der Waals surface area (Å²) in [4.78, 5) is 0. The topological polar surface area (TPSA) is 53.7 Å². The molecule has 4 nitrogen and oxygen atoms in total. The molecule has 2 unspecified atom stereocenters. The highest BCUT2D eigenvalue weighted by Crippen LogP contribution is 2.37. The highest BCUT2D eigenvalue weighted by molar-refractivity contribution is 5.33. The summed E-state index contributed by atoms with van der Waals surface area (Å²) in [6.07, 6.45) is 2.39. The smallest absolute Gasteiger partial charge is 0.172 e. The minimum atomic E-state index is -0.459. The third kappa shape index (κ3) is 2.82. The Morgan fingerprint density at radius 3 is 2.45 bits per heavy atom. The van der Waals surface area contributed by atoms with E-state index >= 15 is 0 Å². The molecule has 0 radical (unpaired) electrons. The highest BCUT2D eigenvalue weighted by atomic mass is 16.7. The van der Waals surface area contributed by atoms with Crippen molar-refractivity contribution in [1.82, 2.24) is 0 Å². The van der Waals surface area contributed by atoms with Crippen LogP contribution in [0.5, 0.6) is 5.75 Å². The quantitative estimate of drug-likeness (QED) is 0.901. The fourth-order valence-electron chi connectivity index (χ4n) is 3.20. The maximum absolute atomic E-state index is 6.22. The van der Waals surface area contributed by atoms with Crippen LogP contribution in [0.2, 0.25) is 0 Å². The van der Waals surface area contributed by atoms with Crippen LogP contribution in [0, 0.1) is 13.8 Å². The maximum atomic E-state index is 6.22. The second kappa shape index (κ2) is 5.35. The Morgan fingerprint density at radius 1 is 1.15 bits per heavy atom. The molecule has 1 aliphatic carbocycles. The van der Waals surface area contributed by atoms with Gasteiger partial charge in [0.2, 0.25) is 0 Å². The van der Waals surface area contributed by atoms with Gasteiger partial charge in [0.05, 0.1) is 13.2 Å². The normalized spacial score (nSPS) is 28.8. The SMILES string of the molecule is Cc1cc(C)cc(OC2CC3(CCC2N)OCCO3)c1. The minimum Gasteiger partial charge on any atom is -0.489 e. The first-order valence-electron chi connectivity index (χ1n) is 7.35. The highest BCUT2D eigenvalue weighted by Gasteiger charge is 2.45. The van der Waals surface area contributed by atoms with E-state index in [0.717, 1.165) is 18.6 Å². The van der Waals surface area contributed by atoms with Gasteiger partial charge in [0.25, 0.3) is 0 Å². The first kappa shape index (κ1) is 13.9. The number of hydrogen-bond donors (Lipinski definition) is 1. The molecular weight excluding hydrogens is 254 g/mol. The average molecular weight is 277 g/mol. The second-order valence-electron chi connectivity index (χ2n) is 5.99. The van der Waals surface area contributed by atoms with Crippen molar-refractivity contribution in [3.63, 3.8) is 0 Å². The molecule has 0 bridgehead atoms. The molecule has 1 spiro atoms. The fraction of sp³-hybridized carbons (Fsp3) is 0.625. The van der Waals surface area contributed by atoms with Crippen molar-refractivity contribution in [2.24, 2.45) is 5.73 Å². The molecule has 1 saturated heterocycles. The molecule has 2 N–H and O–H groups in total. The van der Waals surface area contributed by atoms with Gasteiger partial charge in [-0.15, -0.1) is 0 Å². The van der Waals surface area contributed by atoms with E-state index in [-0.39, 0.29) is 12.1 Å². The van der Waals surface area contributed by atoms with Gasteiger partial charge in [-0.25, -0.2) is 0 Å². The summed E-state index contributed by atoms with van der Waals surface area (Å²) in [5.41, 5.74) is 8.62. The van der Waals surface area contributed by atoms with Crippen LogP contribution < -0.4 is 10.5 Å². The van der Waals surface area contributed by atoms with Crippen LogP contribution in [0.1, 0.15) is 30.4 Å². The lowest BCUT2D eigenvalue weighted by Gasteiger charge is -2.39. The molecule has 2 fully saturated rings. The average Bonchev–Trinajstić information content (AvgIpc) is 2.81. The lowest BCUT2D eigenvalue weighted by molar-refractivity contribution is -0.195. The van der Waals surface area contributed by atoms with E-state index in [4.69, 9.17) is 19.9 Å². The van der Waals surface area contributed by atoms with E-state index in [2.05, 4.69) is 32.0 Å². The number of ether oxygens (including phenoxy) is 3. The van der Waals surface area contributed by atoms with Crippen molar-refractivity contribution in [3.8, 4) is 5.75 Å². The van der Waals surface area contributed by atoms with Crippen LogP contribution in [0.4, 0.5) is 0 Å². The van der Waals surface area contributed by atoms with Crippen molar-refractivity contribution in [1.29, 1.82) is 0 Å². The zero-order valence-electron chi connectivity index (χ0n) is 12.2. The second-order valence-corrected chi connectivity index (χ2v) is 5.99. The molecule has 2 atom stereocenters. The molecule has 1 aliphatic heterocycles. The number of nitrogens with two attached hydrogens (primary N) is 1. The van der Waals surface area contributed by atoms with Gasteiger partial charge in [0.15, 0.2) is 5.79 Å². The Hall–Kier alpha value is -1.10. The van der Waals surface area contributed by atoms with E-state index in [1.54, 1.807) is 0 Å². The maximum Gasteiger partial charge on any atom is 0.172 e. The first-order chi connectivity index (χ1) is 9.56. The van der Waals surface area contributed by atoms with Crippen LogP contribution in [-0.2, 0) is 9.47 Å². The summed E-state index contributed by atoms with van der Waals surface area (Å²) in [6, 6.07) is 6.28. The monoisotopic (exact) mass is 277 g/mol. The van der Waals surface area contributed by atoms with E-state index in [0.29, 0.717) is 19.6 Å². The molecule has 1 aromatic rings. The Morgan fingerprint density at radius 2 is 1.80 bits per heavy atom. The van der Waals surface area contributed by atoms with Crippen molar-refractivity contribution in [3.05, 3.63) is 29.3 Å². The molecule has 0 aromatic heterocycles. The predicted molar refractivity (Wildman–Crippen MR) is 76.8 cm³/mol. The Bertz CT molecular complexity index is 462. The van der Waals surface area contributed by atoms with Crippen molar-refractivity contribution in [2.45, 2.75) is 51.0 Å². The number of benzene rings is 1. The zero-order valence-corrected chi connectivity index (χ0v) is 12.2. The number of aryl methyl sites for hydroxylation is 2. The molecular formula is C16H23NO3. The Kier molecular flexibility index (Phi) is 3.71. The Balaban J connectivity index is 1.74. The van der Waals surface area contributed by atoms with E-state index in [1.165, 1.54) is 11.1 Å². The van der Waals surface area contributed by atoms with Crippen LogP contribution in [0.25, 0.3) is 0 Å². The van der Waals surface area contributed by atoms with Gasteiger partial charge >= 0.3 is 0 Å². The number of hydrogen-bond acceptors (Lipinski definition) is 4. The van der Waals surface area contributed by atoms with Gasteiger partial charge in [-0.1, -0.05) is 6.07 Å². The van der Waals surface area contributed by atoms with Gasteiger partial charge < -0.3 is 19.9 Å². The van der Waals surface area contributed by atoms with Crippen molar-refractivity contribution in [2.75, 3.05) is 13.2 Å². The van der Waals surface area contributed by atoms with Gasteiger partial charge in [-0.3, -0.25) is 0 Å². The number of rotatable bonds is 2. The third-order valence-electron chi connectivity index (χ3n) is 4.14. The zero-order chi connectivity index (χ0) is 14.2. The van der Waals surface area contributed by atoms with E-state index < -0.39 is 5.79 Å². The first-order valence-corrected chi connectivity index (χ1v) is 7.35. The molecule has 1 heterocycles. The molecule has 4 heteroatoms. The van der Waals surface area contributed by atoms with Crippen LogP contribution in [0.3, 0.4) is 0 Å². The Labute approximate surface area is 120 Å². The molecule has 20 heavy (non-hydrogen) atoms. The molecule has 110 valence electrons. The van der Waals surface area contributed by atoms with Gasteiger partial charge in [-0.05, 0) is 43.5 Å². The van der Waals surface area contributed by atoms with E-state index in [1.807, 2.05) is 0 Å². The lowest BCUT2D eigenvalue weighted by Crippen LogP contribution is -2.51. The molecule has 1 aromatic carbocycles. The fourth-order valence-corrected chi connectivity index (χ4v) is 3.20. The molecule has 3 rings (SSSR count). The minimum absolute atomic E-state index is 0.0363. The van der Waals surface area contributed by atoms with Crippen molar-refractivity contribution < 1.29 is 14.2 Å². The summed E-state index contributed by atoms with van der Waals surface area (Å²) < 4.78 is 17.7. The molecule has 1 saturated carbocycles. The van der Waals surface area contributed by atoms with Crippen LogP contribution >= 0.6 is 0 Å². The molecule has 0 amide bonds. The summed E-state index contributed by atoms with van der Waals surface area (Å²) in [5, 5.41) is 0. The van der Waals surface area contributed by atoms with Crippen molar-refractivity contribution >= 4 is 0 Å². The lowest BCUT2D eigenvalue weighted by atomic mass is 9.88. The van der Waals surface area contributed by atoms with Crippen LogP contribution in [-0.4, -0.2) is 31.1 Å². The third-order valence-corrected chi connectivity index (χ3v) is 4.14. The predicted octanol–water partition coefficient (Wildman–Crippen LogP) is 2.31. The van der Waals surface area contributed by atoms with Gasteiger partial charge in [-0.2, -0.15) is 0 Å². The van der Waals surface area contributed by atoms with Crippen LogP contribution in [0.15, 0.2) is 18.2 Å². The molecule has 2 aliphatic rings. The summed E-state index contributed by atoms with van der Waals surface area (Å²) in [6.45, 7) is 5.49. The van der Waals surface area contributed by atoms with E-state index in [9.17, 15) is 0 Å². The van der Waals surface area contributed by atoms with Gasteiger partial charge in [0, 0.05) is 18.9 Å².